The van der Waals surface area contributed by atoms with Crippen molar-refractivity contribution in [3.8, 4) is 5.75 Å². The molecule has 1 rings (SSSR count). The first kappa shape index (κ1) is 16.9. The number of carbonyl (C=O) groups is 1. The van der Waals surface area contributed by atoms with Gasteiger partial charge in [0.15, 0.2) is 6.61 Å². The van der Waals surface area contributed by atoms with E-state index in [2.05, 4.69) is 10.6 Å². The Hall–Kier alpha value is -2.15. The zero-order valence-corrected chi connectivity index (χ0v) is 12.5. The Bertz CT molecular complexity index is 503. The Morgan fingerprint density at radius 1 is 1.43 bits per heavy atom. The molecular formula is C14H21N3O4. The number of amides is 1. The van der Waals surface area contributed by atoms with E-state index in [1.54, 1.807) is 0 Å². The number of nitro groups is 1. The lowest BCUT2D eigenvalue weighted by Crippen LogP contribution is -2.29. The van der Waals surface area contributed by atoms with Gasteiger partial charge in [0.25, 0.3) is 11.6 Å². The number of nitrogens with one attached hydrogen (secondary N) is 2. The van der Waals surface area contributed by atoms with Gasteiger partial charge in [-0.25, -0.2) is 0 Å². The zero-order valence-electron chi connectivity index (χ0n) is 12.5. The van der Waals surface area contributed by atoms with Gasteiger partial charge in [0.1, 0.15) is 5.75 Å². The summed E-state index contributed by atoms with van der Waals surface area (Å²) < 4.78 is 5.44. The number of hydrogen-bond acceptors (Lipinski definition) is 5. The molecule has 0 radical (unpaired) electrons. The summed E-state index contributed by atoms with van der Waals surface area (Å²) in [6.45, 7) is 6.63. The molecule has 0 saturated carbocycles. The Labute approximate surface area is 123 Å². The number of carbonyl (C=O) groups excluding carboxylic acids is 1. The second kappa shape index (κ2) is 8.21. The van der Waals surface area contributed by atoms with Crippen LogP contribution in [-0.4, -0.2) is 30.0 Å². The zero-order chi connectivity index (χ0) is 15.8. The lowest BCUT2D eigenvalue weighted by molar-refractivity contribution is -0.384. The first-order valence-electron chi connectivity index (χ1n) is 6.84. The summed E-state index contributed by atoms with van der Waals surface area (Å²) in [5.41, 5.74) is 0.656. The molecule has 7 nitrogen and oxygen atoms in total. The maximum atomic E-state index is 11.4. The van der Waals surface area contributed by atoms with Crippen molar-refractivity contribution in [1.82, 2.24) is 10.6 Å². The minimum Gasteiger partial charge on any atom is -0.483 e. The number of nitro benzene ring substituents is 1. The molecule has 0 heterocycles. The van der Waals surface area contributed by atoms with Crippen LogP contribution in [0.4, 0.5) is 5.69 Å². The Kier molecular flexibility index (Phi) is 6.61. The molecule has 0 spiro atoms. The van der Waals surface area contributed by atoms with Crippen LogP contribution in [0.15, 0.2) is 18.2 Å². The van der Waals surface area contributed by atoms with Crippen molar-refractivity contribution < 1.29 is 14.5 Å². The van der Waals surface area contributed by atoms with E-state index in [-0.39, 0.29) is 24.2 Å². The number of benzene rings is 1. The van der Waals surface area contributed by atoms with Gasteiger partial charge in [0.2, 0.25) is 0 Å². The number of hydrogen-bond donors (Lipinski definition) is 2. The molecule has 2 N–H and O–H groups in total. The van der Waals surface area contributed by atoms with Gasteiger partial charge in [-0.15, -0.1) is 0 Å². The van der Waals surface area contributed by atoms with Crippen molar-refractivity contribution in [3.63, 3.8) is 0 Å². The molecule has 1 amide bonds. The highest BCUT2D eigenvalue weighted by Gasteiger charge is 2.13. The SMILES string of the molecule is CCNC(=O)COc1ccc([N+](=O)[O-])cc1CNC(C)C. The second-order valence-corrected chi connectivity index (χ2v) is 4.83. The van der Waals surface area contributed by atoms with Crippen LogP contribution in [0.3, 0.4) is 0 Å². The Morgan fingerprint density at radius 2 is 2.14 bits per heavy atom. The summed E-state index contributed by atoms with van der Waals surface area (Å²) in [7, 11) is 0. The van der Waals surface area contributed by atoms with Crippen molar-refractivity contribution in [2.45, 2.75) is 33.4 Å². The van der Waals surface area contributed by atoms with Gasteiger partial charge >= 0.3 is 0 Å². The molecule has 116 valence electrons. The molecule has 0 aliphatic carbocycles. The highest BCUT2D eigenvalue weighted by Crippen LogP contribution is 2.24. The van der Waals surface area contributed by atoms with Crippen molar-refractivity contribution >= 4 is 11.6 Å². The Morgan fingerprint density at radius 3 is 2.71 bits per heavy atom. The minimum absolute atomic E-state index is 0.000848. The summed E-state index contributed by atoms with van der Waals surface area (Å²) in [4.78, 5) is 21.8. The highest BCUT2D eigenvalue weighted by atomic mass is 16.6. The van der Waals surface area contributed by atoms with E-state index in [1.165, 1.54) is 18.2 Å². The maximum absolute atomic E-state index is 11.4. The number of nitrogens with zero attached hydrogens (tertiary/aromatic N) is 1. The predicted octanol–water partition coefficient (Wildman–Crippen LogP) is 1.61. The fourth-order valence-corrected chi connectivity index (χ4v) is 1.66. The van der Waals surface area contributed by atoms with Crippen LogP contribution >= 0.6 is 0 Å². The average Bonchev–Trinajstić information content (AvgIpc) is 2.43. The van der Waals surface area contributed by atoms with Crippen molar-refractivity contribution in [2.75, 3.05) is 13.2 Å². The van der Waals surface area contributed by atoms with E-state index in [0.717, 1.165) is 0 Å². The van der Waals surface area contributed by atoms with Gasteiger partial charge in [-0.3, -0.25) is 14.9 Å². The van der Waals surface area contributed by atoms with Gasteiger partial charge in [-0.2, -0.15) is 0 Å². The molecular weight excluding hydrogens is 274 g/mol. The Balaban J connectivity index is 2.84. The summed E-state index contributed by atoms with van der Waals surface area (Å²) >= 11 is 0. The van der Waals surface area contributed by atoms with Gasteiger partial charge in [-0.05, 0) is 13.0 Å². The van der Waals surface area contributed by atoms with E-state index >= 15 is 0 Å². The van der Waals surface area contributed by atoms with E-state index in [1.807, 2.05) is 20.8 Å². The summed E-state index contributed by atoms with van der Waals surface area (Å²) in [6.07, 6.45) is 0. The first-order valence-corrected chi connectivity index (χ1v) is 6.84. The van der Waals surface area contributed by atoms with Crippen LogP contribution in [0, 0.1) is 10.1 Å². The number of likely N-dealkylation sites (N-methyl/N-ethyl adjacent to an activating group) is 1. The largest absolute Gasteiger partial charge is 0.483 e. The van der Waals surface area contributed by atoms with Crippen LogP contribution in [0.5, 0.6) is 5.75 Å². The third-order valence-corrected chi connectivity index (χ3v) is 2.69. The molecule has 1 aromatic carbocycles. The molecule has 0 unspecified atom stereocenters. The van der Waals surface area contributed by atoms with Crippen LogP contribution in [0.25, 0.3) is 0 Å². The molecule has 0 aliphatic rings. The monoisotopic (exact) mass is 295 g/mol. The van der Waals surface area contributed by atoms with E-state index < -0.39 is 4.92 Å². The van der Waals surface area contributed by atoms with Gasteiger partial charge < -0.3 is 15.4 Å². The van der Waals surface area contributed by atoms with Crippen LogP contribution < -0.4 is 15.4 Å². The minimum atomic E-state index is -0.452. The standard InChI is InChI=1S/C14H21N3O4/c1-4-15-14(18)9-21-13-6-5-12(17(19)20)7-11(13)8-16-10(2)3/h5-7,10,16H,4,8-9H2,1-3H3,(H,15,18). The van der Waals surface area contributed by atoms with Crippen molar-refractivity contribution in [2.24, 2.45) is 0 Å². The molecule has 0 bridgehead atoms. The van der Waals surface area contributed by atoms with Gasteiger partial charge in [0, 0.05) is 36.8 Å². The lowest BCUT2D eigenvalue weighted by atomic mass is 10.1. The van der Waals surface area contributed by atoms with E-state index in [9.17, 15) is 14.9 Å². The number of rotatable bonds is 8. The second-order valence-electron chi connectivity index (χ2n) is 4.83. The van der Waals surface area contributed by atoms with Crippen LogP contribution in [0.1, 0.15) is 26.3 Å². The fraction of sp³-hybridized carbons (Fsp3) is 0.500. The topological polar surface area (TPSA) is 93.5 Å². The lowest BCUT2D eigenvalue weighted by Gasteiger charge is -2.13. The molecule has 0 saturated heterocycles. The smallest absolute Gasteiger partial charge is 0.270 e. The maximum Gasteiger partial charge on any atom is 0.270 e. The molecule has 0 fully saturated rings. The summed E-state index contributed by atoms with van der Waals surface area (Å²) in [5, 5.41) is 16.6. The van der Waals surface area contributed by atoms with Crippen molar-refractivity contribution in [3.05, 3.63) is 33.9 Å². The summed E-state index contributed by atoms with van der Waals surface area (Å²) in [5.74, 6) is 0.249. The third kappa shape index (κ3) is 5.78. The molecule has 0 atom stereocenters. The molecule has 0 aromatic heterocycles. The highest BCUT2D eigenvalue weighted by molar-refractivity contribution is 5.77. The van der Waals surface area contributed by atoms with E-state index in [0.29, 0.717) is 24.4 Å². The predicted molar refractivity (Wildman–Crippen MR) is 79.3 cm³/mol. The number of non-ortho nitro benzene ring substituents is 1. The van der Waals surface area contributed by atoms with Crippen LogP contribution in [-0.2, 0) is 11.3 Å². The molecule has 7 heteroatoms. The van der Waals surface area contributed by atoms with Crippen LogP contribution in [0.2, 0.25) is 0 Å². The molecule has 0 aliphatic heterocycles. The fourth-order valence-electron chi connectivity index (χ4n) is 1.66. The van der Waals surface area contributed by atoms with Gasteiger partial charge in [0.05, 0.1) is 4.92 Å². The van der Waals surface area contributed by atoms with Crippen molar-refractivity contribution in [1.29, 1.82) is 0 Å². The molecule has 1 aromatic rings. The first-order chi connectivity index (χ1) is 9.93. The average molecular weight is 295 g/mol. The normalized spacial score (nSPS) is 10.5. The number of ether oxygens (including phenoxy) is 1. The third-order valence-electron chi connectivity index (χ3n) is 2.69. The van der Waals surface area contributed by atoms with E-state index in [4.69, 9.17) is 4.74 Å². The quantitative estimate of drug-likeness (QED) is 0.561. The van der Waals surface area contributed by atoms with Gasteiger partial charge in [-0.1, -0.05) is 13.8 Å². The summed E-state index contributed by atoms with van der Waals surface area (Å²) in [6, 6.07) is 4.59. The molecule has 21 heavy (non-hydrogen) atoms.